The van der Waals surface area contributed by atoms with E-state index in [1.54, 1.807) is 19.0 Å². The Balaban J connectivity index is 2.06. The summed E-state index contributed by atoms with van der Waals surface area (Å²) in [7, 11) is 3.56. The van der Waals surface area contributed by atoms with Crippen LogP contribution in [0.5, 0.6) is 0 Å². The molecule has 1 aliphatic heterocycles. The van der Waals surface area contributed by atoms with Crippen molar-refractivity contribution in [3.8, 4) is 0 Å². The molecular weight excluding hydrogens is 262 g/mol. The molecule has 1 saturated heterocycles. The van der Waals surface area contributed by atoms with Crippen LogP contribution < -0.4 is 0 Å². The van der Waals surface area contributed by atoms with Crippen LogP contribution in [0.1, 0.15) is 56.2 Å². The highest BCUT2D eigenvalue weighted by Crippen LogP contribution is 2.36. The summed E-state index contributed by atoms with van der Waals surface area (Å²) in [5.74, 6) is 0.0353. The predicted octanol–water partition coefficient (Wildman–Crippen LogP) is 3.12. The van der Waals surface area contributed by atoms with Gasteiger partial charge in [-0.3, -0.25) is 9.69 Å². The molecule has 1 unspecified atom stereocenters. The normalized spacial score (nSPS) is 20.0. The lowest BCUT2D eigenvalue weighted by Crippen LogP contribution is -2.40. The number of nitrogens with zero attached hydrogens (tertiary/aromatic N) is 2. The topological polar surface area (TPSA) is 39.3 Å². The van der Waals surface area contributed by atoms with Gasteiger partial charge < -0.3 is 9.88 Å². The Hall–Kier alpha value is -1.29. The summed E-state index contributed by atoms with van der Waals surface area (Å²) in [4.78, 5) is 19.4. The molecule has 118 valence electrons. The van der Waals surface area contributed by atoms with Gasteiger partial charge in [0.1, 0.15) is 5.69 Å². The third-order valence-corrected chi connectivity index (χ3v) is 4.93. The lowest BCUT2D eigenvalue weighted by molar-refractivity contribution is 0.0821. The first-order chi connectivity index (χ1) is 9.85. The summed E-state index contributed by atoms with van der Waals surface area (Å²) >= 11 is 0. The number of likely N-dealkylation sites (tertiary alicyclic amines) is 1. The first kappa shape index (κ1) is 16.1. The minimum Gasteiger partial charge on any atom is -0.353 e. The SMILES string of the molecule is CCC(C)(C)C1CCCN1Cc1ccc(C(=O)N(C)C)[nH]1. The highest BCUT2D eigenvalue weighted by atomic mass is 16.2. The van der Waals surface area contributed by atoms with Crippen molar-refractivity contribution in [2.24, 2.45) is 5.41 Å². The van der Waals surface area contributed by atoms with Gasteiger partial charge in [-0.05, 0) is 43.4 Å². The number of nitrogens with one attached hydrogen (secondary N) is 1. The molecule has 21 heavy (non-hydrogen) atoms. The van der Waals surface area contributed by atoms with E-state index in [1.807, 2.05) is 12.1 Å². The molecule has 1 aromatic heterocycles. The van der Waals surface area contributed by atoms with E-state index in [4.69, 9.17) is 0 Å². The molecule has 0 aromatic carbocycles. The molecule has 1 aliphatic rings. The van der Waals surface area contributed by atoms with Gasteiger partial charge in [0.25, 0.3) is 5.91 Å². The molecule has 1 atom stereocenters. The fraction of sp³-hybridized carbons (Fsp3) is 0.706. The molecule has 1 amide bonds. The van der Waals surface area contributed by atoms with Crippen LogP contribution in [0.3, 0.4) is 0 Å². The number of carbonyl (C=O) groups excluding carboxylic acids is 1. The van der Waals surface area contributed by atoms with Gasteiger partial charge in [-0.25, -0.2) is 0 Å². The summed E-state index contributed by atoms with van der Waals surface area (Å²) in [5.41, 5.74) is 2.17. The number of hydrogen-bond donors (Lipinski definition) is 1. The van der Waals surface area contributed by atoms with Crippen molar-refractivity contribution in [1.29, 1.82) is 0 Å². The Kier molecular flexibility index (Phi) is 4.77. The second-order valence-electron chi connectivity index (χ2n) is 7.07. The van der Waals surface area contributed by atoms with E-state index in [0.29, 0.717) is 17.2 Å². The molecule has 1 aromatic rings. The fourth-order valence-electron chi connectivity index (χ4n) is 3.25. The standard InChI is InChI=1S/C17H29N3O/c1-6-17(2,3)15-8-7-11-20(15)12-13-9-10-14(18-13)16(21)19(4)5/h9-10,15,18H,6-8,11-12H2,1-5H3. The largest absolute Gasteiger partial charge is 0.353 e. The average molecular weight is 291 g/mol. The summed E-state index contributed by atoms with van der Waals surface area (Å²) in [6.45, 7) is 9.08. The van der Waals surface area contributed by atoms with Crippen LogP contribution in [-0.2, 0) is 6.54 Å². The highest BCUT2D eigenvalue weighted by molar-refractivity contribution is 5.92. The molecule has 0 aliphatic carbocycles. The molecule has 4 nitrogen and oxygen atoms in total. The number of H-pyrrole nitrogens is 1. The number of carbonyl (C=O) groups is 1. The third kappa shape index (κ3) is 3.49. The quantitative estimate of drug-likeness (QED) is 0.905. The number of amides is 1. The summed E-state index contributed by atoms with van der Waals surface area (Å²) in [5, 5.41) is 0. The zero-order chi connectivity index (χ0) is 15.6. The van der Waals surface area contributed by atoms with Crippen molar-refractivity contribution in [3.05, 3.63) is 23.5 Å². The van der Waals surface area contributed by atoms with Gasteiger partial charge >= 0.3 is 0 Å². The van der Waals surface area contributed by atoms with Crippen molar-refractivity contribution in [2.45, 2.75) is 52.6 Å². The van der Waals surface area contributed by atoms with Crippen molar-refractivity contribution in [3.63, 3.8) is 0 Å². The van der Waals surface area contributed by atoms with Gasteiger partial charge in [-0.1, -0.05) is 20.8 Å². The zero-order valence-electron chi connectivity index (χ0n) is 14.1. The second kappa shape index (κ2) is 6.22. The zero-order valence-corrected chi connectivity index (χ0v) is 14.1. The highest BCUT2D eigenvalue weighted by Gasteiger charge is 2.36. The fourth-order valence-corrected chi connectivity index (χ4v) is 3.25. The maximum absolute atomic E-state index is 11.9. The molecule has 0 bridgehead atoms. The average Bonchev–Trinajstić information content (AvgIpc) is 3.07. The second-order valence-corrected chi connectivity index (χ2v) is 7.07. The number of hydrogen-bond acceptors (Lipinski definition) is 2. The van der Waals surface area contributed by atoms with Gasteiger partial charge in [0, 0.05) is 32.4 Å². The van der Waals surface area contributed by atoms with Crippen LogP contribution in [0.15, 0.2) is 12.1 Å². The molecule has 4 heteroatoms. The molecule has 1 fully saturated rings. The van der Waals surface area contributed by atoms with E-state index >= 15 is 0 Å². The molecular formula is C17H29N3O. The van der Waals surface area contributed by atoms with Gasteiger partial charge in [0.05, 0.1) is 0 Å². The summed E-state index contributed by atoms with van der Waals surface area (Å²) < 4.78 is 0. The maximum Gasteiger partial charge on any atom is 0.269 e. The number of aromatic amines is 1. The molecule has 2 heterocycles. The van der Waals surface area contributed by atoms with Crippen LogP contribution in [0.25, 0.3) is 0 Å². The van der Waals surface area contributed by atoms with E-state index in [1.165, 1.54) is 19.3 Å². The minimum absolute atomic E-state index is 0.0353. The van der Waals surface area contributed by atoms with Crippen LogP contribution >= 0.6 is 0 Å². The van der Waals surface area contributed by atoms with Gasteiger partial charge in [0.15, 0.2) is 0 Å². The van der Waals surface area contributed by atoms with Crippen molar-refractivity contribution >= 4 is 5.91 Å². The maximum atomic E-state index is 11.9. The van der Waals surface area contributed by atoms with E-state index in [0.717, 1.165) is 18.8 Å². The first-order valence-corrected chi connectivity index (χ1v) is 7.98. The minimum atomic E-state index is 0.0353. The predicted molar refractivity (Wildman–Crippen MR) is 86.3 cm³/mol. The Morgan fingerprint density at radius 1 is 1.43 bits per heavy atom. The molecule has 0 saturated carbocycles. The van der Waals surface area contributed by atoms with Crippen molar-refractivity contribution in [1.82, 2.24) is 14.8 Å². The van der Waals surface area contributed by atoms with Crippen LogP contribution in [0.4, 0.5) is 0 Å². The number of rotatable bonds is 5. The Labute approximate surface area is 128 Å². The Morgan fingerprint density at radius 2 is 2.14 bits per heavy atom. The van der Waals surface area contributed by atoms with E-state index in [9.17, 15) is 4.79 Å². The monoisotopic (exact) mass is 291 g/mol. The third-order valence-electron chi connectivity index (χ3n) is 4.93. The van der Waals surface area contributed by atoms with Gasteiger partial charge in [-0.15, -0.1) is 0 Å². The Bertz CT molecular complexity index is 490. The van der Waals surface area contributed by atoms with Gasteiger partial charge in [0.2, 0.25) is 0 Å². The van der Waals surface area contributed by atoms with Crippen molar-refractivity contribution in [2.75, 3.05) is 20.6 Å². The molecule has 2 rings (SSSR count). The summed E-state index contributed by atoms with van der Waals surface area (Å²) in [6.07, 6.45) is 3.76. The van der Waals surface area contributed by atoms with Crippen LogP contribution in [-0.4, -0.2) is 47.4 Å². The Morgan fingerprint density at radius 3 is 2.76 bits per heavy atom. The lowest BCUT2D eigenvalue weighted by Gasteiger charge is -2.37. The van der Waals surface area contributed by atoms with E-state index in [2.05, 4.69) is 30.7 Å². The van der Waals surface area contributed by atoms with Gasteiger partial charge in [-0.2, -0.15) is 0 Å². The molecule has 1 N–H and O–H groups in total. The van der Waals surface area contributed by atoms with Crippen molar-refractivity contribution < 1.29 is 4.79 Å². The summed E-state index contributed by atoms with van der Waals surface area (Å²) in [6, 6.07) is 4.58. The first-order valence-electron chi connectivity index (χ1n) is 7.98. The van der Waals surface area contributed by atoms with E-state index in [-0.39, 0.29) is 5.91 Å². The molecule has 0 spiro atoms. The van der Waals surface area contributed by atoms with Crippen LogP contribution in [0.2, 0.25) is 0 Å². The number of aromatic nitrogens is 1. The smallest absolute Gasteiger partial charge is 0.269 e. The van der Waals surface area contributed by atoms with Crippen LogP contribution in [0, 0.1) is 5.41 Å². The van der Waals surface area contributed by atoms with E-state index < -0.39 is 0 Å². The molecule has 0 radical (unpaired) electrons. The lowest BCUT2D eigenvalue weighted by atomic mass is 9.80.